The molecular weight excluding hydrogens is 592 g/mol. The number of carbonyl (C=O) groups excluding carboxylic acids is 4. The third kappa shape index (κ3) is 16.2. The van der Waals surface area contributed by atoms with Gasteiger partial charge in [0.25, 0.3) is 0 Å². The summed E-state index contributed by atoms with van der Waals surface area (Å²) in [5, 5.41) is 10.8. The van der Waals surface area contributed by atoms with E-state index in [-0.39, 0.29) is 38.9 Å². The molecule has 12 nitrogen and oxygen atoms in total. The van der Waals surface area contributed by atoms with Crippen LogP contribution in [0.15, 0.2) is 84.5 Å². The zero-order valence-electron chi connectivity index (χ0n) is 26.0. The van der Waals surface area contributed by atoms with Crippen LogP contribution in [0.4, 0.5) is 19.2 Å². The summed E-state index contributed by atoms with van der Waals surface area (Å²) in [6.45, 7) is 2.10. The number of alkyl carbamates (subject to hydrolysis) is 4. The van der Waals surface area contributed by atoms with Crippen LogP contribution in [-0.4, -0.2) is 77.0 Å². The summed E-state index contributed by atoms with van der Waals surface area (Å²) < 4.78 is 20.5. The van der Waals surface area contributed by atoms with Crippen LogP contribution < -0.4 is 21.3 Å². The lowest BCUT2D eigenvalue weighted by atomic mass is 9.96. The zero-order chi connectivity index (χ0) is 32.7. The SMILES string of the molecule is O=C(NCCc1ccccc1)OCCCOC(=O)NCC1=CC(CNC(=O)OCCCOC(=O)NCCc2ccccc2)CC=C1. The molecule has 0 heterocycles. The molecule has 46 heavy (non-hydrogen) atoms. The van der Waals surface area contributed by atoms with E-state index >= 15 is 0 Å². The van der Waals surface area contributed by atoms with Crippen LogP contribution in [0.25, 0.3) is 0 Å². The fraction of sp³-hybridized carbons (Fsp3) is 0.412. The Balaban J connectivity index is 1.15. The van der Waals surface area contributed by atoms with Gasteiger partial charge in [-0.15, -0.1) is 0 Å². The summed E-state index contributed by atoms with van der Waals surface area (Å²) in [7, 11) is 0. The molecule has 12 heteroatoms. The summed E-state index contributed by atoms with van der Waals surface area (Å²) in [5.41, 5.74) is 3.14. The number of carbonyl (C=O) groups is 4. The van der Waals surface area contributed by atoms with E-state index in [1.807, 2.05) is 78.9 Å². The van der Waals surface area contributed by atoms with Crippen molar-refractivity contribution in [2.24, 2.45) is 5.92 Å². The molecule has 3 rings (SSSR count). The Morgan fingerprint density at radius 3 is 1.57 bits per heavy atom. The fourth-order valence-electron chi connectivity index (χ4n) is 4.36. The monoisotopic (exact) mass is 636 g/mol. The van der Waals surface area contributed by atoms with E-state index in [0.717, 1.165) is 23.1 Å². The van der Waals surface area contributed by atoms with Gasteiger partial charge in [-0.3, -0.25) is 0 Å². The normalized spacial score (nSPS) is 13.5. The predicted octanol–water partition coefficient (Wildman–Crippen LogP) is 4.66. The number of nitrogens with one attached hydrogen (secondary N) is 4. The molecule has 0 aromatic heterocycles. The van der Waals surface area contributed by atoms with Gasteiger partial charge in [-0.1, -0.05) is 78.9 Å². The number of hydrogen-bond donors (Lipinski definition) is 4. The molecule has 0 aliphatic heterocycles. The number of rotatable bonds is 18. The van der Waals surface area contributed by atoms with Crippen LogP contribution in [0.1, 0.15) is 30.4 Å². The number of allylic oxidation sites excluding steroid dienone is 1. The average molecular weight is 637 g/mol. The van der Waals surface area contributed by atoms with Crippen LogP contribution in [0.3, 0.4) is 0 Å². The summed E-state index contributed by atoms with van der Waals surface area (Å²) in [6.07, 6.45) is 6.67. The number of hydrogen-bond acceptors (Lipinski definition) is 8. The lowest BCUT2D eigenvalue weighted by Crippen LogP contribution is -2.31. The molecule has 0 bridgehead atoms. The van der Waals surface area contributed by atoms with Gasteiger partial charge in [0.05, 0.1) is 26.4 Å². The highest BCUT2D eigenvalue weighted by molar-refractivity contribution is 5.68. The van der Waals surface area contributed by atoms with Gasteiger partial charge < -0.3 is 40.2 Å². The molecule has 0 saturated carbocycles. The summed E-state index contributed by atoms with van der Waals surface area (Å²) in [5.74, 6) is 0.0456. The van der Waals surface area contributed by atoms with Crippen molar-refractivity contribution < 1.29 is 38.1 Å². The molecule has 4 N–H and O–H groups in total. The van der Waals surface area contributed by atoms with Gasteiger partial charge in [0.1, 0.15) is 0 Å². The maximum absolute atomic E-state index is 12.0. The molecule has 0 radical (unpaired) electrons. The van der Waals surface area contributed by atoms with Crippen LogP contribution in [0.5, 0.6) is 0 Å². The van der Waals surface area contributed by atoms with Gasteiger partial charge in [-0.25, -0.2) is 19.2 Å². The maximum Gasteiger partial charge on any atom is 0.407 e. The van der Waals surface area contributed by atoms with Crippen molar-refractivity contribution in [2.45, 2.75) is 32.1 Å². The first kappa shape index (κ1) is 35.5. The maximum atomic E-state index is 12.0. The van der Waals surface area contributed by atoms with Crippen LogP contribution in [0, 0.1) is 5.92 Å². The molecule has 1 aliphatic rings. The average Bonchev–Trinajstić information content (AvgIpc) is 3.07. The largest absolute Gasteiger partial charge is 0.449 e. The predicted molar refractivity (Wildman–Crippen MR) is 172 cm³/mol. The highest BCUT2D eigenvalue weighted by Crippen LogP contribution is 2.15. The summed E-state index contributed by atoms with van der Waals surface area (Å²) in [4.78, 5) is 47.6. The van der Waals surface area contributed by atoms with E-state index in [1.54, 1.807) is 0 Å². The molecule has 0 saturated heterocycles. The second kappa shape index (κ2) is 21.7. The Morgan fingerprint density at radius 1 is 0.609 bits per heavy atom. The van der Waals surface area contributed by atoms with Crippen molar-refractivity contribution in [3.05, 3.63) is 95.6 Å². The molecule has 0 spiro atoms. The second-order valence-electron chi connectivity index (χ2n) is 10.4. The summed E-state index contributed by atoms with van der Waals surface area (Å²) in [6, 6.07) is 19.6. The highest BCUT2D eigenvalue weighted by atomic mass is 16.6. The van der Waals surface area contributed by atoms with Crippen molar-refractivity contribution in [1.82, 2.24) is 21.3 Å². The first-order chi connectivity index (χ1) is 22.5. The minimum atomic E-state index is -0.570. The van der Waals surface area contributed by atoms with Crippen molar-refractivity contribution in [2.75, 3.05) is 52.6 Å². The number of benzene rings is 2. The summed E-state index contributed by atoms with van der Waals surface area (Å²) >= 11 is 0. The van der Waals surface area contributed by atoms with Crippen LogP contribution in [0.2, 0.25) is 0 Å². The van der Waals surface area contributed by atoms with Gasteiger partial charge in [0.15, 0.2) is 0 Å². The minimum Gasteiger partial charge on any atom is -0.449 e. The first-order valence-corrected chi connectivity index (χ1v) is 15.6. The van der Waals surface area contributed by atoms with E-state index in [9.17, 15) is 19.2 Å². The molecule has 1 atom stereocenters. The van der Waals surface area contributed by atoms with E-state index in [2.05, 4.69) is 21.3 Å². The highest BCUT2D eigenvalue weighted by Gasteiger charge is 2.13. The van der Waals surface area contributed by atoms with E-state index in [4.69, 9.17) is 18.9 Å². The Bertz CT molecular complexity index is 1270. The van der Waals surface area contributed by atoms with Crippen molar-refractivity contribution >= 4 is 24.4 Å². The lowest BCUT2D eigenvalue weighted by Gasteiger charge is -2.18. The Labute approximate surface area is 269 Å². The smallest absolute Gasteiger partial charge is 0.407 e. The zero-order valence-corrected chi connectivity index (χ0v) is 26.0. The Hall–Kier alpha value is -5.00. The number of ether oxygens (including phenoxy) is 4. The van der Waals surface area contributed by atoms with Crippen LogP contribution >= 0.6 is 0 Å². The molecular formula is C34H44N4O8. The van der Waals surface area contributed by atoms with Crippen molar-refractivity contribution in [1.29, 1.82) is 0 Å². The molecule has 2 aromatic carbocycles. The van der Waals surface area contributed by atoms with Crippen molar-refractivity contribution in [3.63, 3.8) is 0 Å². The topological polar surface area (TPSA) is 153 Å². The van der Waals surface area contributed by atoms with Gasteiger partial charge in [-0.05, 0) is 41.9 Å². The van der Waals surface area contributed by atoms with Crippen molar-refractivity contribution in [3.8, 4) is 0 Å². The molecule has 1 unspecified atom stereocenters. The second-order valence-corrected chi connectivity index (χ2v) is 10.4. The fourth-order valence-corrected chi connectivity index (χ4v) is 4.36. The lowest BCUT2D eigenvalue weighted by molar-refractivity contribution is 0.117. The van der Waals surface area contributed by atoms with Gasteiger partial charge in [0.2, 0.25) is 0 Å². The first-order valence-electron chi connectivity index (χ1n) is 15.6. The Kier molecular flexibility index (Phi) is 16.7. The minimum absolute atomic E-state index is 0.0456. The third-order valence-corrected chi connectivity index (χ3v) is 6.73. The molecule has 0 fully saturated rings. The molecule has 1 aliphatic carbocycles. The van der Waals surface area contributed by atoms with E-state index in [1.165, 1.54) is 0 Å². The number of amides is 4. The molecule has 4 amide bonds. The molecule has 2 aromatic rings. The van der Waals surface area contributed by atoms with E-state index < -0.39 is 24.4 Å². The quantitative estimate of drug-likeness (QED) is 0.136. The van der Waals surface area contributed by atoms with Crippen LogP contribution in [-0.2, 0) is 31.8 Å². The van der Waals surface area contributed by atoms with Gasteiger partial charge in [0, 0.05) is 39.0 Å². The van der Waals surface area contributed by atoms with Gasteiger partial charge in [-0.2, -0.15) is 0 Å². The molecule has 248 valence electrons. The standard InChI is InChI=1S/C34H44N4O8/c39-31(35-18-16-27-10-3-1-4-11-27)43-20-8-22-45-33(41)37-25-29-14-7-15-30(24-29)26-38-34(42)46-23-9-21-44-32(40)36-19-17-28-12-5-2-6-13-28/h1-7,10-14,24,30H,8-9,15-23,25-26H2,(H,35,39)(H,36,40)(H,37,41)(H,38,42). The van der Waals surface area contributed by atoms with Gasteiger partial charge >= 0.3 is 24.4 Å². The Morgan fingerprint density at radius 2 is 1.07 bits per heavy atom. The van der Waals surface area contributed by atoms with E-state index in [0.29, 0.717) is 45.3 Å². The third-order valence-electron chi connectivity index (χ3n) is 6.73.